The van der Waals surface area contributed by atoms with Gasteiger partial charge in [-0.3, -0.25) is 0 Å². The Kier molecular flexibility index (Phi) is 5.16. The van der Waals surface area contributed by atoms with Crippen LogP contribution in [0.3, 0.4) is 0 Å². The fourth-order valence-corrected chi connectivity index (χ4v) is 4.03. The van der Waals surface area contributed by atoms with Crippen LogP contribution >= 0.6 is 11.3 Å². The van der Waals surface area contributed by atoms with Crippen LogP contribution < -0.4 is 14.8 Å². The molecule has 3 aromatic heterocycles. The van der Waals surface area contributed by atoms with Crippen molar-refractivity contribution < 1.29 is 9.47 Å². The third-order valence-corrected chi connectivity index (χ3v) is 5.59. The number of thiazole rings is 1. The van der Waals surface area contributed by atoms with Crippen molar-refractivity contribution in [2.24, 2.45) is 0 Å². The predicted molar refractivity (Wildman–Crippen MR) is 123 cm³/mol. The van der Waals surface area contributed by atoms with Gasteiger partial charge in [-0.1, -0.05) is 23.5 Å². The molecule has 2 aromatic carbocycles. The maximum Gasteiger partial charge on any atom is 0.227 e. The maximum absolute atomic E-state index is 6.08. The van der Waals surface area contributed by atoms with Crippen molar-refractivity contribution in [1.29, 1.82) is 0 Å². The van der Waals surface area contributed by atoms with Gasteiger partial charge in [-0.15, -0.1) is 0 Å². The average Bonchev–Trinajstić information content (AvgIpc) is 3.23. The highest BCUT2D eigenvalue weighted by Gasteiger charge is 2.10. The second-order valence-corrected chi connectivity index (χ2v) is 7.71. The Morgan fingerprint density at radius 1 is 0.871 bits per heavy atom. The molecule has 0 atom stereocenters. The lowest BCUT2D eigenvalue weighted by Gasteiger charge is -2.11. The summed E-state index contributed by atoms with van der Waals surface area (Å²) in [5.74, 6) is 1.75. The Balaban J connectivity index is 1.35. The van der Waals surface area contributed by atoms with E-state index in [0.29, 0.717) is 17.5 Å². The molecule has 0 spiro atoms. The number of fused-ring (bicyclic) bond motifs is 1. The fourth-order valence-electron chi connectivity index (χ4n) is 3.15. The van der Waals surface area contributed by atoms with E-state index in [2.05, 4.69) is 26.3 Å². The highest BCUT2D eigenvalue weighted by atomic mass is 32.1. The lowest BCUT2D eigenvalue weighted by Crippen LogP contribution is -1.93. The molecule has 0 saturated carbocycles. The molecule has 5 aromatic rings. The summed E-state index contributed by atoms with van der Waals surface area (Å²) in [5.41, 5.74) is 3.71. The van der Waals surface area contributed by atoms with Crippen LogP contribution in [0.2, 0.25) is 0 Å². The zero-order chi connectivity index (χ0) is 21.0. The van der Waals surface area contributed by atoms with Crippen LogP contribution in [0.25, 0.3) is 21.3 Å². The molecule has 0 fully saturated rings. The first kappa shape index (κ1) is 19.0. The molecule has 0 bridgehead atoms. The number of anilines is 2. The van der Waals surface area contributed by atoms with E-state index in [1.165, 1.54) is 0 Å². The zero-order valence-electron chi connectivity index (χ0n) is 16.6. The van der Waals surface area contributed by atoms with Crippen molar-refractivity contribution >= 4 is 32.4 Å². The highest BCUT2D eigenvalue weighted by Crippen LogP contribution is 2.33. The first-order valence-corrected chi connectivity index (χ1v) is 10.5. The summed E-state index contributed by atoms with van der Waals surface area (Å²) in [6, 6.07) is 23.4. The Morgan fingerprint density at radius 3 is 2.58 bits per heavy atom. The molecule has 0 unspecified atom stereocenters. The molecule has 0 radical (unpaired) electrons. The molecule has 0 aliphatic rings. The molecule has 7 heteroatoms. The molecule has 6 nitrogen and oxygen atoms in total. The predicted octanol–water partition coefficient (Wildman–Crippen LogP) is 6.30. The minimum Gasteiger partial charge on any atom is -0.481 e. The maximum atomic E-state index is 6.08. The Hall–Kier alpha value is -3.97. The molecule has 0 amide bonds. The lowest BCUT2D eigenvalue weighted by molar-refractivity contribution is 0.398. The first-order chi connectivity index (χ1) is 15.3. The lowest BCUT2D eigenvalue weighted by atomic mass is 10.1. The average molecular weight is 427 g/mol. The van der Waals surface area contributed by atoms with Gasteiger partial charge < -0.3 is 14.8 Å². The van der Waals surface area contributed by atoms with E-state index in [0.717, 1.165) is 32.2 Å². The Bertz CT molecular complexity index is 1300. The largest absolute Gasteiger partial charge is 0.481 e. The summed E-state index contributed by atoms with van der Waals surface area (Å²) >= 11 is 1.62. The van der Waals surface area contributed by atoms with E-state index in [1.54, 1.807) is 30.8 Å². The van der Waals surface area contributed by atoms with Gasteiger partial charge in [0.25, 0.3) is 0 Å². The van der Waals surface area contributed by atoms with Crippen molar-refractivity contribution in [2.45, 2.75) is 0 Å². The number of nitrogens with zero attached hydrogens (tertiary/aromatic N) is 3. The third-order valence-electron chi connectivity index (χ3n) is 4.64. The minimum atomic E-state index is 0.516. The van der Waals surface area contributed by atoms with Gasteiger partial charge in [0.05, 0.1) is 17.3 Å². The molecule has 0 saturated heterocycles. The van der Waals surface area contributed by atoms with Gasteiger partial charge in [-0.2, -0.15) is 0 Å². The molecule has 152 valence electrons. The summed E-state index contributed by atoms with van der Waals surface area (Å²) < 4.78 is 12.5. The van der Waals surface area contributed by atoms with E-state index >= 15 is 0 Å². The number of pyridine rings is 2. The zero-order valence-corrected chi connectivity index (χ0v) is 17.5. The van der Waals surface area contributed by atoms with Crippen LogP contribution in [-0.2, 0) is 0 Å². The van der Waals surface area contributed by atoms with E-state index in [-0.39, 0.29) is 0 Å². The Morgan fingerprint density at radius 2 is 1.74 bits per heavy atom. The van der Waals surface area contributed by atoms with Crippen molar-refractivity contribution in [1.82, 2.24) is 15.0 Å². The van der Waals surface area contributed by atoms with Crippen LogP contribution in [0.5, 0.6) is 17.5 Å². The standard InChI is InChI=1S/C24H18N4O2S/c1-29-22-15-16(12-14-25-22)19-5-4-13-26-23(19)30-18-10-8-17(9-11-18)27-24-28-20-6-2-3-7-21(20)31-24/h2-15H,1H3,(H,27,28). The number of aromatic nitrogens is 3. The summed E-state index contributed by atoms with van der Waals surface area (Å²) in [4.78, 5) is 13.2. The number of rotatable bonds is 6. The topological polar surface area (TPSA) is 69.2 Å². The van der Waals surface area contributed by atoms with Gasteiger partial charge >= 0.3 is 0 Å². The number of nitrogens with one attached hydrogen (secondary N) is 1. The number of ether oxygens (including phenoxy) is 2. The fraction of sp³-hybridized carbons (Fsp3) is 0.0417. The van der Waals surface area contributed by atoms with Crippen molar-refractivity contribution in [3.63, 3.8) is 0 Å². The molecule has 0 aliphatic carbocycles. The second-order valence-electron chi connectivity index (χ2n) is 6.68. The number of hydrogen-bond acceptors (Lipinski definition) is 7. The third kappa shape index (κ3) is 4.17. The van der Waals surface area contributed by atoms with Crippen LogP contribution in [0, 0.1) is 0 Å². The molecule has 1 N–H and O–H groups in total. The van der Waals surface area contributed by atoms with Crippen LogP contribution in [-0.4, -0.2) is 22.1 Å². The minimum absolute atomic E-state index is 0.516. The van der Waals surface area contributed by atoms with Crippen LogP contribution in [0.15, 0.2) is 85.2 Å². The summed E-state index contributed by atoms with van der Waals surface area (Å²) in [7, 11) is 1.59. The monoisotopic (exact) mass is 426 g/mol. The molecule has 31 heavy (non-hydrogen) atoms. The smallest absolute Gasteiger partial charge is 0.227 e. The van der Waals surface area contributed by atoms with Crippen LogP contribution in [0.1, 0.15) is 0 Å². The first-order valence-electron chi connectivity index (χ1n) is 9.64. The Labute approximate surface area is 183 Å². The summed E-state index contributed by atoms with van der Waals surface area (Å²) in [5, 5.41) is 4.20. The quantitative estimate of drug-likeness (QED) is 0.344. The van der Waals surface area contributed by atoms with Crippen LogP contribution in [0.4, 0.5) is 10.8 Å². The SMILES string of the molecule is COc1cc(-c2cccnc2Oc2ccc(Nc3nc4ccccc4s3)cc2)ccn1. The van der Waals surface area contributed by atoms with Gasteiger partial charge in [-0.25, -0.2) is 15.0 Å². The molecule has 5 rings (SSSR count). The van der Waals surface area contributed by atoms with Gasteiger partial charge in [0.2, 0.25) is 11.8 Å². The van der Waals surface area contributed by atoms with E-state index in [1.807, 2.05) is 66.7 Å². The molecular formula is C24H18N4O2S. The molecular weight excluding hydrogens is 408 g/mol. The van der Waals surface area contributed by atoms with Gasteiger partial charge in [0, 0.05) is 29.7 Å². The summed E-state index contributed by atoms with van der Waals surface area (Å²) in [6.45, 7) is 0. The van der Waals surface area contributed by atoms with E-state index < -0.39 is 0 Å². The van der Waals surface area contributed by atoms with Crippen molar-refractivity contribution in [3.05, 3.63) is 85.2 Å². The second kappa shape index (κ2) is 8.41. The molecule has 3 heterocycles. The number of hydrogen-bond donors (Lipinski definition) is 1. The van der Waals surface area contributed by atoms with Crippen molar-refractivity contribution in [3.8, 4) is 28.6 Å². The van der Waals surface area contributed by atoms with Gasteiger partial charge in [-0.05, 0) is 60.2 Å². The highest BCUT2D eigenvalue weighted by molar-refractivity contribution is 7.22. The van der Waals surface area contributed by atoms with Gasteiger partial charge in [0.15, 0.2) is 5.13 Å². The number of benzene rings is 2. The van der Waals surface area contributed by atoms with Gasteiger partial charge in [0.1, 0.15) is 5.75 Å². The van der Waals surface area contributed by atoms with E-state index in [4.69, 9.17) is 9.47 Å². The van der Waals surface area contributed by atoms with E-state index in [9.17, 15) is 0 Å². The summed E-state index contributed by atoms with van der Waals surface area (Å²) in [6.07, 6.45) is 3.41. The molecule has 0 aliphatic heterocycles. The van der Waals surface area contributed by atoms with Crippen molar-refractivity contribution in [2.75, 3.05) is 12.4 Å². The number of methoxy groups -OCH3 is 1. The normalized spacial score (nSPS) is 10.7. The number of para-hydroxylation sites is 1.